The second-order valence-corrected chi connectivity index (χ2v) is 3.74. The van der Waals surface area contributed by atoms with E-state index >= 15 is 0 Å². The Morgan fingerprint density at radius 3 is 2.88 bits per heavy atom. The van der Waals surface area contributed by atoms with Gasteiger partial charge in [-0.15, -0.1) is 0 Å². The molecule has 2 aromatic rings. The summed E-state index contributed by atoms with van der Waals surface area (Å²) >= 11 is 0. The lowest BCUT2D eigenvalue weighted by atomic mass is 10.2. The maximum absolute atomic E-state index is 12.0. The van der Waals surface area contributed by atoms with Crippen molar-refractivity contribution in [3.05, 3.63) is 27.8 Å². The van der Waals surface area contributed by atoms with E-state index in [1.165, 1.54) is 4.40 Å². The Morgan fingerprint density at radius 1 is 1.56 bits per heavy atom. The van der Waals surface area contributed by atoms with Gasteiger partial charge in [-0.1, -0.05) is 0 Å². The Labute approximate surface area is 92.0 Å². The highest BCUT2D eigenvalue weighted by Gasteiger charge is 2.12. The monoisotopic (exact) mass is 222 g/mol. The van der Waals surface area contributed by atoms with E-state index in [1.807, 2.05) is 0 Å². The minimum Gasteiger partial charge on any atom is -0.396 e. The molecule has 0 aliphatic heterocycles. The summed E-state index contributed by atoms with van der Waals surface area (Å²) in [5.41, 5.74) is 6.72. The first-order chi connectivity index (χ1) is 7.56. The van der Waals surface area contributed by atoms with Gasteiger partial charge in [0, 0.05) is 25.6 Å². The normalized spacial score (nSPS) is 11.2. The molecule has 16 heavy (non-hydrogen) atoms. The van der Waals surface area contributed by atoms with Crippen LogP contribution in [0.15, 0.2) is 11.0 Å². The van der Waals surface area contributed by atoms with Crippen molar-refractivity contribution in [3.8, 4) is 0 Å². The molecule has 0 saturated carbocycles. The lowest BCUT2D eigenvalue weighted by molar-refractivity contribution is 0.298. The Kier molecular flexibility index (Phi) is 2.43. The summed E-state index contributed by atoms with van der Waals surface area (Å²) in [5.74, 6) is 0.992. The van der Waals surface area contributed by atoms with E-state index in [4.69, 9.17) is 10.8 Å². The third kappa shape index (κ3) is 1.38. The number of anilines is 1. The van der Waals surface area contributed by atoms with E-state index in [0.717, 1.165) is 0 Å². The number of hydrogen-bond donors (Lipinski definition) is 2. The fraction of sp³-hybridized carbons (Fsp3) is 0.400. The third-order valence-corrected chi connectivity index (χ3v) is 2.71. The zero-order chi connectivity index (χ0) is 11.9. The summed E-state index contributed by atoms with van der Waals surface area (Å²) in [7, 11) is 1.75. The zero-order valence-corrected chi connectivity index (χ0v) is 9.27. The maximum Gasteiger partial charge on any atom is 0.262 e. The van der Waals surface area contributed by atoms with Gasteiger partial charge in [-0.05, 0) is 6.92 Å². The van der Waals surface area contributed by atoms with Crippen LogP contribution < -0.4 is 11.3 Å². The first kappa shape index (κ1) is 10.7. The number of imidazole rings is 1. The van der Waals surface area contributed by atoms with Gasteiger partial charge in [0.15, 0.2) is 0 Å². The van der Waals surface area contributed by atoms with Crippen LogP contribution in [0.25, 0.3) is 5.78 Å². The van der Waals surface area contributed by atoms with Crippen molar-refractivity contribution in [3.63, 3.8) is 0 Å². The molecular formula is C10H14N4O2. The van der Waals surface area contributed by atoms with Gasteiger partial charge in [0.05, 0.1) is 11.9 Å². The second-order valence-electron chi connectivity index (χ2n) is 3.74. The Bertz CT molecular complexity index is 597. The number of hydrogen-bond acceptors (Lipinski definition) is 4. The lowest BCUT2D eigenvalue weighted by Crippen LogP contribution is -2.21. The number of aliphatic hydroxyl groups is 1. The van der Waals surface area contributed by atoms with E-state index in [-0.39, 0.29) is 12.2 Å². The van der Waals surface area contributed by atoms with E-state index in [9.17, 15) is 4.79 Å². The average molecular weight is 222 g/mol. The highest BCUT2D eigenvalue weighted by molar-refractivity contribution is 5.44. The summed E-state index contributed by atoms with van der Waals surface area (Å²) < 4.78 is 3.06. The number of nitrogens with two attached hydrogens (primary N) is 1. The molecular weight excluding hydrogens is 208 g/mol. The molecule has 2 rings (SSSR count). The predicted molar refractivity (Wildman–Crippen MR) is 60.4 cm³/mol. The smallest absolute Gasteiger partial charge is 0.262 e. The van der Waals surface area contributed by atoms with Gasteiger partial charge in [-0.25, -0.2) is 9.38 Å². The molecule has 0 fully saturated rings. The summed E-state index contributed by atoms with van der Waals surface area (Å²) in [6.45, 7) is 1.70. The molecule has 0 aliphatic rings. The largest absolute Gasteiger partial charge is 0.396 e. The topological polar surface area (TPSA) is 85.5 Å². The summed E-state index contributed by atoms with van der Waals surface area (Å²) in [4.78, 5) is 16.4. The number of rotatable bonds is 2. The van der Waals surface area contributed by atoms with Gasteiger partial charge < -0.3 is 10.8 Å². The van der Waals surface area contributed by atoms with Gasteiger partial charge in [0.25, 0.3) is 5.56 Å². The van der Waals surface area contributed by atoms with E-state index in [1.54, 1.807) is 24.7 Å². The van der Waals surface area contributed by atoms with Gasteiger partial charge in [0.2, 0.25) is 5.78 Å². The molecule has 6 nitrogen and oxygen atoms in total. The van der Waals surface area contributed by atoms with E-state index in [2.05, 4.69) is 4.98 Å². The molecule has 3 N–H and O–H groups in total. The third-order valence-electron chi connectivity index (χ3n) is 2.71. The average Bonchev–Trinajstić information content (AvgIpc) is 2.52. The quantitative estimate of drug-likeness (QED) is 0.714. The first-order valence-corrected chi connectivity index (χ1v) is 5.00. The molecule has 0 radical (unpaired) electrons. The minimum atomic E-state index is -0.163. The van der Waals surface area contributed by atoms with Crippen LogP contribution in [0.5, 0.6) is 0 Å². The number of nitrogen functional groups attached to an aromatic ring is 1. The summed E-state index contributed by atoms with van der Waals surface area (Å²) in [5, 5.41) is 8.89. The molecule has 0 atom stereocenters. The molecule has 0 aliphatic carbocycles. The van der Waals surface area contributed by atoms with E-state index < -0.39 is 0 Å². The second kappa shape index (κ2) is 3.64. The van der Waals surface area contributed by atoms with Gasteiger partial charge in [0.1, 0.15) is 5.82 Å². The van der Waals surface area contributed by atoms with Crippen LogP contribution in [0.3, 0.4) is 0 Å². The highest BCUT2D eigenvalue weighted by Crippen LogP contribution is 2.09. The molecule has 0 bridgehead atoms. The first-order valence-electron chi connectivity index (χ1n) is 5.00. The number of aromatic nitrogens is 3. The molecule has 0 unspecified atom stereocenters. The fourth-order valence-corrected chi connectivity index (χ4v) is 1.75. The maximum atomic E-state index is 12.0. The van der Waals surface area contributed by atoms with Crippen LogP contribution in [-0.2, 0) is 13.5 Å². The van der Waals surface area contributed by atoms with Crippen LogP contribution in [0.1, 0.15) is 11.3 Å². The Hall–Kier alpha value is -1.82. The highest BCUT2D eigenvalue weighted by atomic mass is 16.3. The Morgan fingerprint density at radius 2 is 2.25 bits per heavy atom. The van der Waals surface area contributed by atoms with Crippen LogP contribution in [-0.4, -0.2) is 25.7 Å². The molecule has 0 aromatic carbocycles. The van der Waals surface area contributed by atoms with Gasteiger partial charge >= 0.3 is 0 Å². The fourth-order valence-electron chi connectivity index (χ4n) is 1.75. The van der Waals surface area contributed by atoms with Crippen molar-refractivity contribution in [2.45, 2.75) is 13.3 Å². The van der Waals surface area contributed by atoms with Gasteiger partial charge in [-0.3, -0.25) is 9.36 Å². The van der Waals surface area contributed by atoms with Crippen LogP contribution in [0, 0.1) is 6.92 Å². The zero-order valence-electron chi connectivity index (χ0n) is 9.27. The van der Waals surface area contributed by atoms with Crippen molar-refractivity contribution in [2.24, 2.45) is 7.05 Å². The number of aryl methyl sites for hydroxylation is 2. The molecule has 86 valence electrons. The predicted octanol–water partition coefficient (Wildman–Crippen LogP) is -0.542. The number of aliphatic hydroxyl groups excluding tert-OH is 1. The lowest BCUT2D eigenvalue weighted by Gasteiger charge is -2.04. The number of fused-ring (bicyclic) bond motifs is 1. The van der Waals surface area contributed by atoms with Crippen molar-refractivity contribution in [2.75, 3.05) is 12.3 Å². The summed E-state index contributed by atoms with van der Waals surface area (Å²) in [6, 6.07) is 0. The van der Waals surface area contributed by atoms with Crippen LogP contribution >= 0.6 is 0 Å². The molecule has 0 saturated heterocycles. The van der Waals surface area contributed by atoms with Crippen molar-refractivity contribution < 1.29 is 5.11 Å². The Balaban J connectivity index is 2.84. The van der Waals surface area contributed by atoms with Crippen molar-refractivity contribution in [1.82, 2.24) is 14.0 Å². The van der Waals surface area contributed by atoms with Crippen molar-refractivity contribution in [1.29, 1.82) is 0 Å². The molecule has 0 spiro atoms. The van der Waals surface area contributed by atoms with Crippen LogP contribution in [0.4, 0.5) is 5.82 Å². The molecule has 2 heterocycles. The molecule has 0 amide bonds. The van der Waals surface area contributed by atoms with Crippen LogP contribution in [0.2, 0.25) is 0 Å². The molecule has 6 heteroatoms. The summed E-state index contributed by atoms with van der Waals surface area (Å²) in [6.07, 6.45) is 1.86. The standard InChI is InChI=1S/C10H14N4O2/c1-6-7(3-4-15)9(16)14-5-8(11)13(2)10(14)12-6/h5,15H,3-4,11H2,1-2H3. The van der Waals surface area contributed by atoms with Crippen molar-refractivity contribution >= 4 is 11.6 Å². The molecule has 2 aromatic heterocycles. The minimum absolute atomic E-state index is 0.0634. The van der Waals surface area contributed by atoms with Gasteiger partial charge in [-0.2, -0.15) is 0 Å². The van der Waals surface area contributed by atoms with E-state index in [0.29, 0.717) is 29.3 Å². The number of nitrogens with zero attached hydrogens (tertiary/aromatic N) is 3. The SMILES string of the molecule is Cc1nc2n(C)c(N)cn2c(=O)c1CCO.